The maximum absolute atomic E-state index is 12.2. The number of methoxy groups -OCH3 is 2. The van der Waals surface area contributed by atoms with Crippen molar-refractivity contribution < 1.29 is 23.8 Å². The van der Waals surface area contributed by atoms with Crippen molar-refractivity contribution in [3.05, 3.63) is 39.8 Å². The number of carbonyl (C=O) groups excluding carboxylic acids is 2. The van der Waals surface area contributed by atoms with E-state index in [-0.39, 0.29) is 5.97 Å². The highest BCUT2D eigenvalue weighted by molar-refractivity contribution is 7.16. The van der Waals surface area contributed by atoms with E-state index < -0.39 is 5.97 Å². The summed E-state index contributed by atoms with van der Waals surface area (Å²) in [4.78, 5) is 29.0. The van der Waals surface area contributed by atoms with Gasteiger partial charge in [0.1, 0.15) is 5.00 Å². The molecule has 26 heavy (non-hydrogen) atoms. The fourth-order valence-corrected chi connectivity index (χ4v) is 4.15. The van der Waals surface area contributed by atoms with E-state index in [9.17, 15) is 9.59 Å². The van der Waals surface area contributed by atoms with E-state index in [1.54, 1.807) is 24.4 Å². The molecule has 0 spiro atoms. The quantitative estimate of drug-likeness (QED) is 0.454. The molecule has 1 aromatic heterocycles. The molecule has 0 fully saturated rings. The van der Waals surface area contributed by atoms with Gasteiger partial charge in [-0.15, -0.1) is 11.3 Å². The molecule has 6 nitrogen and oxygen atoms in total. The fraction of sp³-hybridized carbons (Fsp3) is 0.316. The third kappa shape index (κ3) is 3.62. The second-order valence-corrected chi connectivity index (χ2v) is 6.87. The van der Waals surface area contributed by atoms with Gasteiger partial charge in [0.2, 0.25) is 0 Å². The lowest BCUT2D eigenvalue weighted by atomic mass is 10.1. The summed E-state index contributed by atoms with van der Waals surface area (Å²) >= 11 is 1.53. The molecule has 3 rings (SSSR count). The van der Waals surface area contributed by atoms with Gasteiger partial charge in [-0.25, -0.2) is 9.79 Å². The SMILES string of the molecule is COC(=O)c1c(N=Cc2ccc(OC(C)=O)c(OC)c2)sc2c1CCC2. The van der Waals surface area contributed by atoms with Crippen LogP contribution in [0.25, 0.3) is 0 Å². The summed E-state index contributed by atoms with van der Waals surface area (Å²) in [5, 5.41) is 0.657. The minimum Gasteiger partial charge on any atom is -0.493 e. The van der Waals surface area contributed by atoms with Crippen LogP contribution in [0.5, 0.6) is 11.5 Å². The molecule has 0 atom stereocenters. The lowest BCUT2D eigenvalue weighted by molar-refractivity contribution is -0.132. The smallest absolute Gasteiger partial charge is 0.341 e. The number of rotatable bonds is 5. The molecule has 0 amide bonds. The van der Waals surface area contributed by atoms with Crippen molar-refractivity contribution in [2.45, 2.75) is 26.2 Å². The predicted molar refractivity (Wildman–Crippen MR) is 99.2 cm³/mol. The van der Waals surface area contributed by atoms with E-state index >= 15 is 0 Å². The molecule has 136 valence electrons. The van der Waals surface area contributed by atoms with Gasteiger partial charge in [0, 0.05) is 18.0 Å². The first-order valence-electron chi connectivity index (χ1n) is 8.17. The van der Waals surface area contributed by atoms with Gasteiger partial charge in [0.25, 0.3) is 0 Å². The van der Waals surface area contributed by atoms with Crippen molar-refractivity contribution in [1.82, 2.24) is 0 Å². The maximum atomic E-state index is 12.2. The van der Waals surface area contributed by atoms with Gasteiger partial charge in [-0.3, -0.25) is 4.79 Å². The number of hydrogen-bond donors (Lipinski definition) is 0. The molecule has 1 heterocycles. The minimum atomic E-state index is -0.416. The zero-order chi connectivity index (χ0) is 18.7. The third-order valence-corrected chi connectivity index (χ3v) is 5.26. The van der Waals surface area contributed by atoms with E-state index in [1.165, 1.54) is 37.4 Å². The zero-order valence-electron chi connectivity index (χ0n) is 14.8. The van der Waals surface area contributed by atoms with Crippen LogP contribution in [0, 0.1) is 0 Å². The number of hydrogen-bond acceptors (Lipinski definition) is 7. The summed E-state index contributed by atoms with van der Waals surface area (Å²) in [6.45, 7) is 1.33. The normalized spacial score (nSPS) is 12.9. The van der Waals surface area contributed by atoms with Crippen molar-refractivity contribution in [2.75, 3.05) is 14.2 Å². The Bertz CT molecular complexity index is 884. The number of carbonyl (C=O) groups is 2. The number of aryl methyl sites for hydroxylation is 1. The standard InChI is InChI=1S/C19H19NO5S/c1-11(21)25-14-8-7-12(9-15(14)23-2)10-20-18-17(19(22)24-3)13-5-4-6-16(13)26-18/h7-10H,4-6H2,1-3H3. The largest absolute Gasteiger partial charge is 0.493 e. The molecular formula is C19H19NO5S. The van der Waals surface area contributed by atoms with Crippen LogP contribution in [-0.2, 0) is 22.4 Å². The van der Waals surface area contributed by atoms with Crippen LogP contribution in [0.1, 0.15) is 39.7 Å². The molecule has 0 saturated carbocycles. The molecule has 1 aliphatic rings. The summed E-state index contributed by atoms with van der Waals surface area (Å²) in [6, 6.07) is 5.14. The lowest BCUT2D eigenvalue weighted by Crippen LogP contribution is -2.03. The Morgan fingerprint density at radius 3 is 2.69 bits per heavy atom. The Morgan fingerprint density at radius 1 is 1.19 bits per heavy atom. The van der Waals surface area contributed by atoms with Crippen molar-refractivity contribution in [3.63, 3.8) is 0 Å². The summed E-state index contributed by atoms with van der Waals surface area (Å²) in [5.74, 6) is 0.0217. The molecule has 1 aliphatic carbocycles. The first-order valence-corrected chi connectivity index (χ1v) is 8.98. The average Bonchev–Trinajstić information content (AvgIpc) is 3.20. The van der Waals surface area contributed by atoms with Gasteiger partial charge in [0.15, 0.2) is 11.5 Å². The first-order chi connectivity index (χ1) is 12.5. The summed E-state index contributed by atoms with van der Waals surface area (Å²) < 4.78 is 15.3. The number of benzene rings is 1. The van der Waals surface area contributed by atoms with E-state index in [0.717, 1.165) is 30.4 Å². The number of nitrogens with zero attached hydrogens (tertiary/aromatic N) is 1. The monoisotopic (exact) mass is 373 g/mol. The van der Waals surface area contributed by atoms with Crippen LogP contribution in [0.3, 0.4) is 0 Å². The fourth-order valence-electron chi connectivity index (χ4n) is 2.93. The van der Waals surface area contributed by atoms with E-state index in [0.29, 0.717) is 22.1 Å². The second-order valence-electron chi connectivity index (χ2n) is 5.79. The van der Waals surface area contributed by atoms with Crippen LogP contribution in [0.15, 0.2) is 23.2 Å². The van der Waals surface area contributed by atoms with Crippen molar-refractivity contribution in [1.29, 1.82) is 0 Å². The Morgan fingerprint density at radius 2 is 2.00 bits per heavy atom. The average molecular weight is 373 g/mol. The minimum absolute atomic E-state index is 0.348. The Kier molecular flexibility index (Phi) is 5.37. The molecule has 0 radical (unpaired) electrons. The summed E-state index contributed by atoms with van der Waals surface area (Å²) in [5.41, 5.74) is 2.41. The van der Waals surface area contributed by atoms with E-state index in [2.05, 4.69) is 4.99 Å². The summed E-state index contributed by atoms with van der Waals surface area (Å²) in [7, 11) is 2.88. The molecule has 0 N–H and O–H groups in total. The Labute approximate surface area is 155 Å². The molecule has 0 saturated heterocycles. The lowest BCUT2D eigenvalue weighted by Gasteiger charge is -2.08. The van der Waals surface area contributed by atoms with Gasteiger partial charge in [-0.05, 0) is 48.6 Å². The molecule has 0 aliphatic heterocycles. The number of esters is 2. The molecule has 7 heteroatoms. The number of fused-ring (bicyclic) bond motifs is 1. The van der Waals surface area contributed by atoms with Gasteiger partial charge in [0.05, 0.1) is 19.8 Å². The van der Waals surface area contributed by atoms with Crippen molar-refractivity contribution in [3.8, 4) is 11.5 Å². The number of thiophene rings is 1. The van der Waals surface area contributed by atoms with E-state index in [4.69, 9.17) is 14.2 Å². The molecule has 0 bridgehead atoms. The van der Waals surface area contributed by atoms with Crippen LogP contribution < -0.4 is 9.47 Å². The van der Waals surface area contributed by atoms with E-state index in [1.807, 2.05) is 0 Å². The maximum Gasteiger partial charge on any atom is 0.341 e. The first kappa shape index (κ1) is 18.1. The Balaban J connectivity index is 1.91. The van der Waals surface area contributed by atoms with Gasteiger partial charge in [-0.2, -0.15) is 0 Å². The molecular weight excluding hydrogens is 354 g/mol. The second kappa shape index (κ2) is 7.70. The Hall–Kier alpha value is -2.67. The van der Waals surface area contributed by atoms with Crippen molar-refractivity contribution >= 4 is 34.5 Å². The highest BCUT2D eigenvalue weighted by atomic mass is 32.1. The topological polar surface area (TPSA) is 74.2 Å². The van der Waals surface area contributed by atoms with Gasteiger partial charge < -0.3 is 14.2 Å². The van der Waals surface area contributed by atoms with Crippen LogP contribution >= 0.6 is 11.3 Å². The summed E-state index contributed by atoms with van der Waals surface area (Å²) in [6.07, 6.45) is 4.58. The number of aliphatic imine (C=N–C) groups is 1. The molecule has 2 aromatic rings. The van der Waals surface area contributed by atoms with Gasteiger partial charge in [-0.1, -0.05) is 0 Å². The highest BCUT2D eigenvalue weighted by Gasteiger charge is 2.26. The van der Waals surface area contributed by atoms with Crippen LogP contribution in [-0.4, -0.2) is 32.4 Å². The highest BCUT2D eigenvalue weighted by Crippen LogP contribution is 2.41. The number of ether oxygens (including phenoxy) is 3. The van der Waals surface area contributed by atoms with Crippen LogP contribution in [0.2, 0.25) is 0 Å². The zero-order valence-corrected chi connectivity index (χ0v) is 15.6. The third-order valence-electron chi connectivity index (χ3n) is 4.06. The van der Waals surface area contributed by atoms with Crippen LogP contribution in [0.4, 0.5) is 5.00 Å². The predicted octanol–water partition coefficient (Wildman–Crippen LogP) is 3.71. The molecule has 1 aromatic carbocycles. The van der Waals surface area contributed by atoms with Crippen molar-refractivity contribution in [2.24, 2.45) is 4.99 Å². The molecule has 0 unspecified atom stereocenters. The van der Waals surface area contributed by atoms with Gasteiger partial charge >= 0.3 is 11.9 Å².